The van der Waals surface area contributed by atoms with Crippen LogP contribution in [0.4, 0.5) is 19.0 Å². The van der Waals surface area contributed by atoms with Gasteiger partial charge in [0.1, 0.15) is 5.82 Å². The zero-order chi connectivity index (χ0) is 19.3. The SMILES string of the molecule is O=C(CCc1c[nH]c2ccccc12)NCCNc1ncccc1C(F)(F)F. The minimum absolute atomic E-state index is 0.152. The van der Waals surface area contributed by atoms with Gasteiger partial charge in [0.15, 0.2) is 0 Å². The molecule has 0 fully saturated rings. The number of aromatic amines is 1. The predicted octanol–water partition coefficient (Wildman–Crippen LogP) is 3.74. The molecule has 0 unspecified atom stereocenters. The molecule has 1 aromatic carbocycles. The van der Waals surface area contributed by atoms with Gasteiger partial charge in [0.2, 0.25) is 5.91 Å². The van der Waals surface area contributed by atoms with Crippen LogP contribution in [0.25, 0.3) is 10.9 Å². The van der Waals surface area contributed by atoms with Crippen LogP contribution >= 0.6 is 0 Å². The molecule has 2 aromatic heterocycles. The number of H-pyrrole nitrogens is 1. The minimum Gasteiger partial charge on any atom is -0.368 e. The van der Waals surface area contributed by atoms with Crippen LogP contribution < -0.4 is 10.6 Å². The number of halogens is 3. The average molecular weight is 376 g/mol. The number of aromatic nitrogens is 2. The standard InChI is InChI=1S/C19H19F3N4O/c20-19(21,22)15-5-3-9-24-18(15)25-11-10-23-17(27)8-7-13-12-26-16-6-2-1-4-14(13)16/h1-6,9,12,26H,7-8,10-11H2,(H,23,27)(H,24,25). The van der Waals surface area contributed by atoms with Crippen molar-refractivity contribution in [2.45, 2.75) is 19.0 Å². The van der Waals surface area contributed by atoms with Gasteiger partial charge in [-0.1, -0.05) is 18.2 Å². The first-order valence-electron chi connectivity index (χ1n) is 8.53. The van der Waals surface area contributed by atoms with Crippen molar-refractivity contribution in [2.24, 2.45) is 0 Å². The number of anilines is 1. The van der Waals surface area contributed by atoms with Crippen molar-refractivity contribution < 1.29 is 18.0 Å². The molecule has 8 heteroatoms. The van der Waals surface area contributed by atoms with Crippen molar-refractivity contribution in [3.63, 3.8) is 0 Å². The number of aryl methyl sites for hydroxylation is 1. The maximum absolute atomic E-state index is 12.9. The maximum Gasteiger partial charge on any atom is 0.419 e. The Labute approximate surface area is 154 Å². The summed E-state index contributed by atoms with van der Waals surface area (Å²) in [5, 5.41) is 6.40. The van der Waals surface area contributed by atoms with Crippen molar-refractivity contribution in [1.82, 2.24) is 15.3 Å². The summed E-state index contributed by atoms with van der Waals surface area (Å²) in [7, 11) is 0. The summed E-state index contributed by atoms with van der Waals surface area (Å²) in [6, 6.07) is 10.0. The molecule has 0 aliphatic rings. The summed E-state index contributed by atoms with van der Waals surface area (Å²) >= 11 is 0. The molecule has 0 atom stereocenters. The Kier molecular flexibility index (Phi) is 5.63. The van der Waals surface area contributed by atoms with Gasteiger partial charge in [0, 0.05) is 42.8 Å². The third-order valence-corrected chi connectivity index (χ3v) is 4.15. The number of carbonyl (C=O) groups is 1. The van der Waals surface area contributed by atoms with E-state index in [1.165, 1.54) is 12.3 Å². The lowest BCUT2D eigenvalue weighted by Gasteiger charge is -2.13. The zero-order valence-electron chi connectivity index (χ0n) is 14.4. The van der Waals surface area contributed by atoms with Crippen LogP contribution in [0, 0.1) is 0 Å². The smallest absolute Gasteiger partial charge is 0.368 e. The summed E-state index contributed by atoms with van der Waals surface area (Å²) in [6.45, 7) is 0.361. The summed E-state index contributed by atoms with van der Waals surface area (Å²) in [4.78, 5) is 18.8. The van der Waals surface area contributed by atoms with Crippen molar-refractivity contribution in [3.8, 4) is 0 Å². The molecule has 0 spiro atoms. The first kappa shape index (κ1) is 18.8. The molecule has 27 heavy (non-hydrogen) atoms. The molecule has 0 aliphatic carbocycles. The number of nitrogens with zero attached hydrogens (tertiary/aromatic N) is 1. The Morgan fingerprint density at radius 3 is 2.74 bits per heavy atom. The quantitative estimate of drug-likeness (QED) is 0.550. The number of carbonyl (C=O) groups excluding carboxylic acids is 1. The van der Waals surface area contributed by atoms with E-state index in [2.05, 4.69) is 20.6 Å². The molecular weight excluding hydrogens is 357 g/mol. The van der Waals surface area contributed by atoms with Gasteiger partial charge >= 0.3 is 6.18 Å². The van der Waals surface area contributed by atoms with Gasteiger partial charge in [-0.25, -0.2) is 4.98 Å². The number of fused-ring (bicyclic) bond motifs is 1. The molecule has 3 rings (SSSR count). The van der Waals surface area contributed by atoms with Gasteiger partial charge in [0.25, 0.3) is 0 Å². The lowest BCUT2D eigenvalue weighted by Crippen LogP contribution is -2.29. The number of para-hydroxylation sites is 1. The Morgan fingerprint density at radius 1 is 1.11 bits per heavy atom. The van der Waals surface area contributed by atoms with Gasteiger partial charge in [0.05, 0.1) is 5.56 Å². The molecule has 2 heterocycles. The van der Waals surface area contributed by atoms with Gasteiger partial charge in [-0.15, -0.1) is 0 Å². The summed E-state index contributed by atoms with van der Waals surface area (Å²) in [6.07, 6.45) is -0.406. The Balaban J connectivity index is 1.44. The molecule has 5 nitrogen and oxygen atoms in total. The summed E-state index contributed by atoms with van der Waals surface area (Å²) in [5.74, 6) is -0.391. The second-order valence-corrected chi connectivity index (χ2v) is 6.03. The number of nitrogens with one attached hydrogen (secondary N) is 3. The Hall–Kier alpha value is -3.03. The molecule has 0 radical (unpaired) electrons. The fourth-order valence-corrected chi connectivity index (χ4v) is 2.83. The number of hydrogen-bond acceptors (Lipinski definition) is 3. The third-order valence-electron chi connectivity index (χ3n) is 4.15. The van der Waals surface area contributed by atoms with E-state index in [9.17, 15) is 18.0 Å². The Morgan fingerprint density at radius 2 is 1.93 bits per heavy atom. The molecule has 0 bridgehead atoms. The van der Waals surface area contributed by atoms with Crippen LogP contribution in [0.15, 0.2) is 48.8 Å². The molecule has 0 aliphatic heterocycles. The Bertz CT molecular complexity index is 920. The van der Waals surface area contributed by atoms with E-state index in [1.807, 2.05) is 30.5 Å². The largest absolute Gasteiger partial charge is 0.419 e. The number of pyridine rings is 1. The van der Waals surface area contributed by atoms with Gasteiger partial charge in [-0.2, -0.15) is 13.2 Å². The van der Waals surface area contributed by atoms with E-state index in [-0.39, 0.29) is 24.8 Å². The molecule has 3 aromatic rings. The third kappa shape index (κ3) is 4.78. The van der Waals surface area contributed by atoms with Crippen LogP contribution in [0.3, 0.4) is 0 Å². The van der Waals surface area contributed by atoms with E-state index < -0.39 is 11.7 Å². The van der Waals surface area contributed by atoms with Crippen LogP contribution in [0.5, 0.6) is 0 Å². The number of hydrogen-bond donors (Lipinski definition) is 3. The second-order valence-electron chi connectivity index (χ2n) is 6.03. The molecule has 3 N–H and O–H groups in total. The molecule has 142 valence electrons. The van der Waals surface area contributed by atoms with E-state index in [4.69, 9.17) is 0 Å². The summed E-state index contributed by atoms with van der Waals surface area (Å²) in [5.41, 5.74) is 1.26. The number of amides is 1. The molecule has 0 saturated heterocycles. The zero-order valence-corrected chi connectivity index (χ0v) is 14.4. The average Bonchev–Trinajstić information content (AvgIpc) is 3.06. The molecular formula is C19H19F3N4O. The predicted molar refractivity (Wildman–Crippen MR) is 97.4 cm³/mol. The van der Waals surface area contributed by atoms with Crippen LogP contribution in [0.2, 0.25) is 0 Å². The number of rotatable bonds is 7. The fraction of sp³-hybridized carbons (Fsp3) is 0.263. The topological polar surface area (TPSA) is 69.8 Å². The normalized spacial score (nSPS) is 11.5. The molecule has 1 amide bonds. The van der Waals surface area contributed by atoms with E-state index in [1.54, 1.807) is 0 Å². The molecule has 0 saturated carbocycles. The lowest BCUT2D eigenvalue weighted by molar-refractivity contribution is -0.137. The van der Waals surface area contributed by atoms with Crippen molar-refractivity contribution in [2.75, 3.05) is 18.4 Å². The first-order chi connectivity index (χ1) is 12.9. The minimum atomic E-state index is -4.47. The first-order valence-corrected chi connectivity index (χ1v) is 8.53. The lowest BCUT2D eigenvalue weighted by atomic mass is 10.1. The number of benzene rings is 1. The highest BCUT2D eigenvalue weighted by molar-refractivity contribution is 5.84. The van der Waals surface area contributed by atoms with Crippen LogP contribution in [-0.2, 0) is 17.4 Å². The second kappa shape index (κ2) is 8.11. The van der Waals surface area contributed by atoms with Gasteiger partial charge in [-0.05, 0) is 30.2 Å². The van der Waals surface area contributed by atoms with E-state index in [0.717, 1.165) is 22.5 Å². The maximum atomic E-state index is 12.9. The van der Waals surface area contributed by atoms with Crippen LogP contribution in [-0.4, -0.2) is 29.0 Å². The highest BCUT2D eigenvalue weighted by Gasteiger charge is 2.33. The van der Waals surface area contributed by atoms with Gasteiger partial charge in [-0.3, -0.25) is 4.79 Å². The monoisotopic (exact) mass is 376 g/mol. The van der Waals surface area contributed by atoms with Gasteiger partial charge < -0.3 is 15.6 Å². The van der Waals surface area contributed by atoms with E-state index in [0.29, 0.717) is 12.8 Å². The van der Waals surface area contributed by atoms with Crippen molar-refractivity contribution in [3.05, 3.63) is 59.9 Å². The van der Waals surface area contributed by atoms with Crippen LogP contribution in [0.1, 0.15) is 17.5 Å². The van der Waals surface area contributed by atoms with E-state index >= 15 is 0 Å². The van der Waals surface area contributed by atoms with Crippen molar-refractivity contribution in [1.29, 1.82) is 0 Å². The highest BCUT2D eigenvalue weighted by atomic mass is 19.4. The highest BCUT2D eigenvalue weighted by Crippen LogP contribution is 2.33. The summed E-state index contributed by atoms with van der Waals surface area (Å²) < 4.78 is 38.6. The van der Waals surface area contributed by atoms with Crippen molar-refractivity contribution >= 4 is 22.6 Å². The fourth-order valence-electron chi connectivity index (χ4n) is 2.83. The number of alkyl halides is 3.